The molecule has 1 aromatic heterocycles. The summed E-state index contributed by atoms with van der Waals surface area (Å²) in [5, 5.41) is 10.4. The van der Waals surface area contributed by atoms with E-state index in [0.29, 0.717) is 23.8 Å². The molecule has 1 saturated heterocycles. The zero-order chi connectivity index (χ0) is 18.5. The smallest absolute Gasteiger partial charge is 0.335 e. The molecule has 0 radical (unpaired) electrons. The van der Waals surface area contributed by atoms with Gasteiger partial charge in [0.25, 0.3) is 0 Å². The first-order valence-electron chi connectivity index (χ1n) is 9.85. The molecule has 0 spiro atoms. The van der Waals surface area contributed by atoms with Crippen LogP contribution in [0.1, 0.15) is 49.4 Å². The van der Waals surface area contributed by atoms with Crippen LogP contribution in [0.15, 0.2) is 12.1 Å². The van der Waals surface area contributed by atoms with Crippen LogP contribution in [0.4, 0.5) is 5.13 Å². The largest absolute Gasteiger partial charge is 0.488 e. The van der Waals surface area contributed by atoms with Gasteiger partial charge in [-0.15, -0.1) is 0 Å². The number of benzene rings is 1. The fourth-order valence-corrected chi connectivity index (χ4v) is 5.41. The van der Waals surface area contributed by atoms with Gasteiger partial charge < -0.3 is 19.5 Å². The number of rotatable bonds is 7. The number of carboxylic acids is 1. The molecule has 3 fully saturated rings. The van der Waals surface area contributed by atoms with Gasteiger partial charge in [-0.1, -0.05) is 18.3 Å². The van der Waals surface area contributed by atoms with Crippen LogP contribution in [0.5, 0.6) is 5.75 Å². The maximum atomic E-state index is 11.5. The first-order valence-corrected chi connectivity index (χ1v) is 10.7. The fourth-order valence-electron chi connectivity index (χ4n) is 4.30. The van der Waals surface area contributed by atoms with E-state index < -0.39 is 5.97 Å². The average Bonchev–Trinajstić information content (AvgIpc) is 3.07. The first kappa shape index (κ1) is 17.3. The lowest BCUT2D eigenvalue weighted by Crippen LogP contribution is -2.38. The van der Waals surface area contributed by atoms with E-state index in [1.54, 1.807) is 23.5 Å². The highest BCUT2D eigenvalue weighted by molar-refractivity contribution is 7.22. The normalized spacial score (nSPS) is 26.9. The summed E-state index contributed by atoms with van der Waals surface area (Å²) in [4.78, 5) is 18.8. The number of nitrogens with zero attached hydrogens (tertiary/aromatic N) is 2. The summed E-state index contributed by atoms with van der Waals surface area (Å²) in [6, 6.07) is 3.82. The molecule has 0 unspecified atom stereocenters. The van der Waals surface area contributed by atoms with E-state index in [9.17, 15) is 9.90 Å². The summed E-state index contributed by atoms with van der Waals surface area (Å²) < 4.78 is 12.9. The minimum atomic E-state index is -0.927. The van der Waals surface area contributed by atoms with E-state index in [-0.39, 0.29) is 11.7 Å². The summed E-state index contributed by atoms with van der Waals surface area (Å²) in [5.41, 5.74) is 1.07. The SMILES string of the molecule is CCCO[C@@H]1C[C@@H]2C[C@H]1CN2c1nc2c(OC3CC3)cc(C(=O)O)cc2s1. The molecule has 144 valence electrons. The monoisotopic (exact) mass is 388 g/mol. The minimum absolute atomic E-state index is 0.210. The van der Waals surface area contributed by atoms with E-state index in [1.807, 2.05) is 0 Å². The summed E-state index contributed by atoms with van der Waals surface area (Å²) >= 11 is 1.58. The van der Waals surface area contributed by atoms with Crippen molar-refractivity contribution in [1.29, 1.82) is 0 Å². The number of fused-ring (bicyclic) bond motifs is 3. The van der Waals surface area contributed by atoms with Gasteiger partial charge in [0.15, 0.2) is 5.13 Å². The first-order chi connectivity index (χ1) is 13.1. The zero-order valence-electron chi connectivity index (χ0n) is 15.4. The third kappa shape index (κ3) is 3.17. The average molecular weight is 388 g/mol. The number of piperidine rings is 1. The Kier molecular flexibility index (Phi) is 4.24. The highest BCUT2D eigenvalue weighted by atomic mass is 32.1. The maximum Gasteiger partial charge on any atom is 0.335 e. The van der Waals surface area contributed by atoms with Crippen LogP contribution in [-0.2, 0) is 4.74 Å². The van der Waals surface area contributed by atoms with Gasteiger partial charge in [-0.3, -0.25) is 0 Å². The number of hydrogen-bond acceptors (Lipinski definition) is 6. The molecule has 2 aromatic rings. The fraction of sp³-hybridized carbons (Fsp3) is 0.600. The molecule has 7 heteroatoms. The zero-order valence-corrected chi connectivity index (χ0v) is 16.2. The molecule has 1 aliphatic heterocycles. The van der Waals surface area contributed by atoms with Crippen LogP contribution >= 0.6 is 11.3 Å². The molecule has 1 N–H and O–H groups in total. The minimum Gasteiger partial charge on any atom is -0.488 e. The van der Waals surface area contributed by atoms with Crippen LogP contribution in [0.2, 0.25) is 0 Å². The van der Waals surface area contributed by atoms with E-state index in [4.69, 9.17) is 14.5 Å². The van der Waals surface area contributed by atoms with E-state index >= 15 is 0 Å². The van der Waals surface area contributed by atoms with Crippen LogP contribution in [-0.4, -0.2) is 47.5 Å². The Morgan fingerprint density at radius 1 is 1.37 bits per heavy atom. The van der Waals surface area contributed by atoms with Gasteiger partial charge in [0.05, 0.1) is 22.5 Å². The molecule has 2 bridgehead atoms. The second kappa shape index (κ2) is 6.63. The third-order valence-electron chi connectivity index (χ3n) is 5.77. The predicted octanol–water partition coefficient (Wildman–Crippen LogP) is 3.93. The number of carboxylic acid groups (broad SMARTS) is 1. The van der Waals surface area contributed by atoms with E-state index in [1.165, 1.54) is 0 Å². The number of aromatic carboxylic acids is 1. The quantitative estimate of drug-likeness (QED) is 0.775. The number of hydrogen-bond donors (Lipinski definition) is 1. The van der Waals surface area contributed by atoms with Gasteiger partial charge in [-0.25, -0.2) is 9.78 Å². The molecule has 5 rings (SSSR count). The van der Waals surface area contributed by atoms with Crippen LogP contribution < -0.4 is 9.64 Å². The van der Waals surface area contributed by atoms with Crippen LogP contribution in [0.3, 0.4) is 0 Å². The lowest BCUT2D eigenvalue weighted by Gasteiger charge is -2.31. The summed E-state index contributed by atoms with van der Waals surface area (Å²) in [7, 11) is 0. The molecular formula is C20H24N2O4S. The Labute approximate surface area is 162 Å². The van der Waals surface area contributed by atoms with Gasteiger partial charge in [0.2, 0.25) is 0 Å². The van der Waals surface area contributed by atoms with Crippen molar-refractivity contribution in [2.45, 2.75) is 57.3 Å². The molecule has 2 aliphatic carbocycles. The number of carbonyl (C=O) groups is 1. The Hall–Kier alpha value is -1.86. The van der Waals surface area contributed by atoms with Crippen molar-refractivity contribution < 1.29 is 19.4 Å². The molecule has 3 aliphatic rings. The molecule has 0 amide bonds. The third-order valence-corrected chi connectivity index (χ3v) is 6.81. The van der Waals surface area contributed by atoms with E-state index in [2.05, 4.69) is 11.8 Å². The molecule has 1 aromatic carbocycles. The highest BCUT2D eigenvalue weighted by Crippen LogP contribution is 2.45. The number of anilines is 1. The summed E-state index contributed by atoms with van der Waals surface area (Å²) in [6.07, 6.45) is 5.94. The molecule has 3 atom stereocenters. The Morgan fingerprint density at radius 2 is 2.22 bits per heavy atom. The predicted molar refractivity (Wildman–Crippen MR) is 104 cm³/mol. The number of ether oxygens (including phenoxy) is 2. The number of thiazole rings is 1. The van der Waals surface area contributed by atoms with Crippen molar-refractivity contribution >= 4 is 32.7 Å². The van der Waals surface area contributed by atoms with Crippen molar-refractivity contribution in [1.82, 2.24) is 4.98 Å². The molecular weight excluding hydrogens is 364 g/mol. The van der Waals surface area contributed by atoms with Gasteiger partial charge in [0, 0.05) is 25.1 Å². The van der Waals surface area contributed by atoms with Crippen molar-refractivity contribution in [2.75, 3.05) is 18.1 Å². The van der Waals surface area contributed by atoms with Crippen molar-refractivity contribution in [3.05, 3.63) is 17.7 Å². The van der Waals surface area contributed by atoms with E-state index in [0.717, 1.165) is 60.6 Å². The lowest BCUT2D eigenvalue weighted by molar-refractivity contribution is 0.0248. The highest BCUT2D eigenvalue weighted by Gasteiger charge is 2.46. The second-order valence-electron chi connectivity index (χ2n) is 7.89. The van der Waals surface area contributed by atoms with Gasteiger partial charge >= 0.3 is 5.97 Å². The van der Waals surface area contributed by atoms with Crippen LogP contribution in [0.25, 0.3) is 10.2 Å². The summed E-state index contributed by atoms with van der Waals surface area (Å²) in [6.45, 7) is 3.96. The molecule has 27 heavy (non-hydrogen) atoms. The Balaban J connectivity index is 1.43. The topological polar surface area (TPSA) is 71.9 Å². The van der Waals surface area contributed by atoms with Crippen molar-refractivity contribution in [3.8, 4) is 5.75 Å². The van der Waals surface area contributed by atoms with Gasteiger partial charge in [-0.05, 0) is 44.2 Å². The number of aromatic nitrogens is 1. The molecule has 6 nitrogen and oxygen atoms in total. The lowest BCUT2D eigenvalue weighted by atomic mass is 10.1. The maximum absolute atomic E-state index is 11.5. The molecule has 2 saturated carbocycles. The van der Waals surface area contributed by atoms with Crippen molar-refractivity contribution in [3.63, 3.8) is 0 Å². The Morgan fingerprint density at radius 3 is 2.89 bits per heavy atom. The van der Waals surface area contributed by atoms with Gasteiger partial charge in [-0.2, -0.15) is 0 Å². The van der Waals surface area contributed by atoms with Crippen molar-refractivity contribution in [2.24, 2.45) is 5.92 Å². The molecule has 2 heterocycles. The second-order valence-corrected chi connectivity index (χ2v) is 8.90. The van der Waals surface area contributed by atoms with Crippen LogP contribution in [0, 0.1) is 5.92 Å². The Bertz CT molecular complexity index is 878. The van der Waals surface area contributed by atoms with Gasteiger partial charge in [0.1, 0.15) is 11.3 Å². The summed E-state index contributed by atoms with van der Waals surface area (Å²) in [5.74, 6) is 0.261. The standard InChI is InChI=1S/C20H24N2O4S/c1-2-5-25-15-9-13-6-12(15)10-22(13)20-21-18-16(26-14-3-4-14)7-11(19(23)24)8-17(18)27-20/h7-8,12-15H,2-6,9-10H2,1H3,(H,23,24)/t12-,13-,15+/m0/s1.